The highest BCUT2D eigenvalue weighted by molar-refractivity contribution is 7.99. The van der Waals surface area contributed by atoms with E-state index in [0.29, 0.717) is 5.16 Å². The first-order valence-electron chi connectivity index (χ1n) is 4.21. The third kappa shape index (κ3) is 2.09. The lowest BCUT2D eigenvalue weighted by Gasteiger charge is -2.03. The highest BCUT2D eigenvalue weighted by Crippen LogP contribution is 2.25. The van der Waals surface area contributed by atoms with Crippen molar-refractivity contribution < 1.29 is 4.39 Å². The van der Waals surface area contributed by atoms with Crippen LogP contribution in [0.2, 0.25) is 0 Å². The Kier molecular flexibility index (Phi) is 2.97. The zero-order chi connectivity index (χ0) is 11.5. The molecular formula is C7H8FN7S. The van der Waals surface area contributed by atoms with Crippen LogP contribution in [0.1, 0.15) is 0 Å². The Balaban J connectivity index is 2.30. The van der Waals surface area contributed by atoms with E-state index in [0.717, 1.165) is 18.0 Å². The average Bonchev–Trinajstić information content (AvgIpc) is 2.68. The van der Waals surface area contributed by atoms with Crippen molar-refractivity contribution in [3.8, 4) is 0 Å². The Morgan fingerprint density at radius 1 is 1.56 bits per heavy atom. The molecule has 2 aromatic heterocycles. The lowest BCUT2D eigenvalue weighted by atomic mass is 10.6. The zero-order valence-corrected chi connectivity index (χ0v) is 9.07. The fraction of sp³-hybridized carbons (Fsp3) is 0.143. The van der Waals surface area contributed by atoms with Gasteiger partial charge >= 0.3 is 0 Å². The van der Waals surface area contributed by atoms with Gasteiger partial charge in [0.1, 0.15) is 11.4 Å². The zero-order valence-electron chi connectivity index (χ0n) is 8.25. The third-order valence-corrected chi connectivity index (χ3v) is 2.73. The van der Waals surface area contributed by atoms with Gasteiger partial charge in [-0.3, -0.25) is 5.43 Å². The second kappa shape index (κ2) is 4.41. The summed E-state index contributed by atoms with van der Waals surface area (Å²) in [6, 6.07) is 0. The van der Waals surface area contributed by atoms with Crippen LogP contribution < -0.4 is 11.3 Å². The van der Waals surface area contributed by atoms with Crippen LogP contribution in [0.15, 0.2) is 22.7 Å². The molecule has 0 unspecified atom stereocenters. The van der Waals surface area contributed by atoms with Crippen molar-refractivity contribution in [3.63, 3.8) is 0 Å². The number of hydrazine groups is 1. The molecule has 0 bridgehead atoms. The van der Waals surface area contributed by atoms with Crippen molar-refractivity contribution in [1.82, 2.24) is 24.7 Å². The van der Waals surface area contributed by atoms with Crippen molar-refractivity contribution in [1.29, 1.82) is 0 Å². The van der Waals surface area contributed by atoms with E-state index in [1.807, 2.05) is 0 Å². The highest BCUT2D eigenvalue weighted by Gasteiger charge is 2.11. The van der Waals surface area contributed by atoms with Crippen LogP contribution in [0.25, 0.3) is 0 Å². The Hall–Kier alpha value is -1.74. The van der Waals surface area contributed by atoms with Crippen LogP contribution in [0.3, 0.4) is 0 Å². The molecule has 0 amide bonds. The van der Waals surface area contributed by atoms with E-state index in [2.05, 4.69) is 25.6 Å². The molecular weight excluding hydrogens is 233 g/mol. The summed E-state index contributed by atoms with van der Waals surface area (Å²) < 4.78 is 15.0. The molecule has 9 heteroatoms. The molecule has 84 valence electrons. The number of aryl methyl sites for hydroxylation is 1. The fourth-order valence-corrected chi connectivity index (χ4v) is 1.68. The lowest BCUT2D eigenvalue weighted by Crippen LogP contribution is -2.11. The Bertz CT molecular complexity index is 499. The maximum absolute atomic E-state index is 13.4. The van der Waals surface area contributed by atoms with Crippen LogP contribution in [0.5, 0.6) is 0 Å². The van der Waals surface area contributed by atoms with Crippen LogP contribution in [-0.2, 0) is 7.05 Å². The predicted octanol–water partition coefficient (Wildman–Crippen LogP) is 0.181. The summed E-state index contributed by atoms with van der Waals surface area (Å²) in [6.07, 6.45) is 2.56. The summed E-state index contributed by atoms with van der Waals surface area (Å²) >= 11 is 1.04. The first kappa shape index (κ1) is 10.8. The summed E-state index contributed by atoms with van der Waals surface area (Å²) in [6.45, 7) is 0. The first-order valence-corrected chi connectivity index (χ1v) is 5.03. The van der Waals surface area contributed by atoms with Crippen LogP contribution in [-0.4, -0.2) is 24.7 Å². The fourth-order valence-electron chi connectivity index (χ4n) is 0.944. The molecule has 2 heterocycles. The van der Waals surface area contributed by atoms with Gasteiger partial charge in [-0.1, -0.05) is 0 Å². The van der Waals surface area contributed by atoms with E-state index in [9.17, 15) is 4.39 Å². The van der Waals surface area contributed by atoms with Gasteiger partial charge in [-0.25, -0.2) is 20.2 Å². The van der Waals surface area contributed by atoms with Crippen molar-refractivity contribution in [2.75, 3.05) is 5.43 Å². The average molecular weight is 241 g/mol. The first-order chi connectivity index (χ1) is 7.70. The summed E-state index contributed by atoms with van der Waals surface area (Å²) in [5.74, 6) is 4.74. The molecule has 0 atom stereocenters. The number of anilines is 1. The van der Waals surface area contributed by atoms with Gasteiger partial charge in [0.25, 0.3) is 0 Å². The molecule has 0 spiro atoms. The Morgan fingerprint density at radius 2 is 2.38 bits per heavy atom. The lowest BCUT2D eigenvalue weighted by molar-refractivity contribution is 0.579. The largest absolute Gasteiger partial charge is 0.311 e. The van der Waals surface area contributed by atoms with E-state index >= 15 is 0 Å². The van der Waals surface area contributed by atoms with Crippen LogP contribution in [0.4, 0.5) is 10.3 Å². The van der Waals surface area contributed by atoms with Crippen molar-refractivity contribution in [2.24, 2.45) is 12.9 Å². The molecule has 0 aliphatic rings. The smallest absolute Gasteiger partial charge is 0.238 e. The molecule has 0 radical (unpaired) electrons. The summed E-state index contributed by atoms with van der Waals surface area (Å²) in [5, 5.41) is 8.15. The van der Waals surface area contributed by atoms with E-state index in [1.54, 1.807) is 11.6 Å². The summed E-state index contributed by atoms with van der Waals surface area (Å²) in [4.78, 5) is 7.50. The number of rotatable bonds is 3. The number of nitrogens with zero attached hydrogens (tertiary/aromatic N) is 5. The molecule has 2 rings (SSSR count). The molecule has 0 aromatic carbocycles. The molecule has 0 saturated carbocycles. The van der Waals surface area contributed by atoms with Gasteiger partial charge in [0.15, 0.2) is 11.0 Å². The maximum Gasteiger partial charge on any atom is 0.238 e. The highest BCUT2D eigenvalue weighted by atomic mass is 32.2. The molecule has 2 aromatic rings. The Labute approximate surface area is 94.3 Å². The van der Waals surface area contributed by atoms with Crippen molar-refractivity contribution in [2.45, 2.75) is 10.2 Å². The predicted molar refractivity (Wildman–Crippen MR) is 54.9 cm³/mol. The number of nitrogens with one attached hydrogen (secondary N) is 1. The maximum atomic E-state index is 13.4. The standard InChI is InChI=1S/C7H8FN7S/c1-15-3-11-14-7(15)16-5-4(8)2-10-6(12-5)13-9/h2-3H,9H2,1H3,(H,10,12,13). The van der Waals surface area contributed by atoms with Gasteiger partial charge < -0.3 is 4.57 Å². The van der Waals surface area contributed by atoms with E-state index in [1.165, 1.54) is 6.33 Å². The number of hydrogen-bond donors (Lipinski definition) is 2. The van der Waals surface area contributed by atoms with Crippen molar-refractivity contribution >= 4 is 17.7 Å². The van der Waals surface area contributed by atoms with Crippen LogP contribution in [0, 0.1) is 5.82 Å². The number of aromatic nitrogens is 5. The molecule has 7 nitrogen and oxygen atoms in total. The minimum atomic E-state index is -0.535. The number of hydrogen-bond acceptors (Lipinski definition) is 7. The Morgan fingerprint density at radius 3 is 3.00 bits per heavy atom. The van der Waals surface area contributed by atoms with Gasteiger partial charge in [0, 0.05) is 7.05 Å². The second-order valence-electron chi connectivity index (χ2n) is 2.82. The van der Waals surface area contributed by atoms with Gasteiger partial charge in [-0.2, -0.15) is 0 Å². The topological polar surface area (TPSA) is 94.5 Å². The van der Waals surface area contributed by atoms with Gasteiger partial charge in [0.05, 0.1) is 6.20 Å². The van der Waals surface area contributed by atoms with E-state index < -0.39 is 5.82 Å². The number of nitrogens with two attached hydrogens (primary N) is 1. The minimum Gasteiger partial charge on any atom is -0.311 e. The molecule has 3 N–H and O–H groups in total. The number of nitrogen functional groups attached to an aromatic ring is 1. The molecule has 0 aliphatic heterocycles. The van der Waals surface area contributed by atoms with Gasteiger partial charge in [-0.15, -0.1) is 10.2 Å². The summed E-state index contributed by atoms with van der Waals surface area (Å²) in [7, 11) is 1.75. The number of halogens is 1. The van der Waals surface area contributed by atoms with Crippen LogP contribution >= 0.6 is 11.8 Å². The quantitative estimate of drug-likeness (QED) is 0.449. The molecule has 0 fully saturated rings. The minimum absolute atomic E-state index is 0.138. The normalized spacial score (nSPS) is 10.4. The molecule has 0 saturated heterocycles. The monoisotopic (exact) mass is 241 g/mol. The third-order valence-electron chi connectivity index (χ3n) is 1.70. The molecule has 16 heavy (non-hydrogen) atoms. The molecule has 0 aliphatic carbocycles. The second-order valence-corrected chi connectivity index (χ2v) is 3.77. The SMILES string of the molecule is Cn1cnnc1Sc1nc(NN)ncc1F. The summed E-state index contributed by atoms with van der Waals surface area (Å²) in [5.41, 5.74) is 2.24. The van der Waals surface area contributed by atoms with E-state index in [4.69, 9.17) is 5.84 Å². The van der Waals surface area contributed by atoms with Gasteiger partial charge in [-0.05, 0) is 11.8 Å². The van der Waals surface area contributed by atoms with Crippen molar-refractivity contribution in [3.05, 3.63) is 18.3 Å². The van der Waals surface area contributed by atoms with Gasteiger partial charge in [0.2, 0.25) is 5.95 Å². The van der Waals surface area contributed by atoms with E-state index in [-0.39, 0.29) is 11.0 Å².